The van der Waals surface area contributed by atoms with E-state index in [4.69, 9.17) is 5.11 Å². The van der Waals surface area contributed by atoms with E-state index < -0.39 is 12.0 Å². The Morgan fingerprint density at radius 1 is 1.21 bits per heavy atom. The summed E-state index contributed by atoms with van der Waals surface area (Å²) in [6.45, 7) is 1.11. The number of amides is 2. The number of nitrogens with one attached hydrogen (secondary N) is 2. The number of aliphatic carboxylic acids is 1. The Morgan fingerprint density at radius 3 is 2.54 bits per heavy atom. The molecule has 0 saturated heterocycles. The van der Waals surface area contributed by atoms with Gasteiger partial charge in [-0.1, -0.05) is 30.3 Å². The normalized spacial score (nSPS) is 11.5. The van der Waals surface area contributed by atoms with E-state index in [0.29, 0.717) is 0 Å². The number of carboxylic acids is 1. The molecule has 0 fully saturated rings. The van der Waals surface area contributed by atoms with Gasteiger partial charge in [-0.25, -0.2) is 0 Å². The smallest absolute Gasteiger partial charge is 0.325 e. The van der Waals surface area contributed by atoms with Crippen LogP contribution in [0.25, 0.3) is 0 Å². The lowest BCUT2D eigenvalue weighted by atomic mass is 10.0. The van der Waals surface area contributed by atoms with Gasteiger partial charge < -0.3 is 15.7 Å². The second kappa shape index (κ2) is 7.91. The Labute approximate surface area is 138 Å². The lowest BCUT2D eigenvalue weighted by Gasteiger charge is -2.17. The molecule has 1 atom stereocenters. The highest BCUT2D eigenvalue weighted by Gasteiger charge is 2.17. The first-order chi connectivity index (χ1) is 11.4. The summed E-state index contributed by atoms with van der Waals surface area (Å²) in [4.78, 5) is 34.2. The van der Waals surface area contributed by atoms with Crippen molar-refractivity contribution in [3.05, 3.63) is 48.2 Å². The lowest BCUT2D eigenvalue weighted by Crippen LogP contribution is -2.29. The number of rotatable bonds is 7. The number of anilines is 1. The average Bonchev–Trinajstić information content (AvgIpc) is 2.93. The summed E-state index contributed by atoms with van der Waals surface area (Å²) in [5.41, 5.74) is 0.819. The van der Waals surface area contributed by atoms with Crippen LogP contribution < -0.4 is 10.6 Å². The Morgan fingerprint density at radius 2 is 1.92 bits per heavy atom. The number of hydrogen-bond donors (Lipinski definition) is 3. The number of benzene rings is 1. The molecule has 0 spiro atoms. The molecule has 0 bridgehead atoms. The fourth-order valence-corrected chi connectivity index (χ4v) is 2.22. The predicted octanol–water partition coefficient (Wildman–Crippen LogP) is 1.17. The highest BCUT2D eigenvalue weighted by atomic mass is 16.4. The van der Waals surface area contributed by atoms with Crippen molar-refractivity contribution in [3.8, 4) is 0 Å². The minimum absolute atomic E-state index is 0.0371. The molecule has 2 rings (SSSR count). The van der Waals surface area contributed by atoms with E-state index in [0.717, 1.165) is 5.56 Å². The maximum atomic E-state index is 12.2. The molecule has 3 N–H and O–H groups in total. The fraction of sp³-hybridized carbons (Fsp3) is 0.250. The molecule has 1 heterocycles. The molecule has 0 aliphatic heterocycles. The van der Waals surface area contributed by atoms with Crippen LogP contribution in [0, 0.1) is 0 Å². The maximum Gasteiger partial charge on any atom is 0.325 e. The Bertz CT molecular complexity index is 727. The monoisotopic (exact) mass is 330 g/mol. The van der Waals surface area contributed by atoms with Gasteiger partial charge in [0.1, 0.15) is 6.54 Å². The van der Waals surface area contributed by atoms with E-state index in [2.05, 4.69) is 15.7 Å². The van der Waals surface area contributed by atoms with Crippen LogP contribution in [-0.4, -0.2) is 32.7 Å². The standard InChI is InChI=1S/C16H18N4O4/c1-11(21)17-13(12-5-3-2-4-6-12)9-15(22)18-14-7-8-20(19-14)10-16(23)24/h2-8,13H,9-10H2,1H3,(H,17,21)(H,23,24)(H,18,19,22). The van der Waals surface area contributed by atoms with Crippen LogP contribution in [0.4, 0.5) is 5.82 Å². The molecule has 1 unspecified atom stereocenters. The molecular formula is C16H18N4O4. The number of aromatic nitrogens is 2. The van der Waals surface area contributed by atoms with Crippen LogP contribution in [-0.2, 0) is 20.9 Å². The third kappa shape index (κ3) is 5.24. The number of carboxylic acid groups (broad SMARTS) is 1. The van der Waals surface area contributed by atoms with Crippen LogP contribution in [0.2, 0.25) is 0 Å². The highest BCUT2D eigenvalue weighted by Crippen LogP contribution is 2.17. The summed E-state index contributed by atoms with van der Waals surface area (Å²) in [7, 11) is 0. The Kier molecular flexibility index (Phi) is 5.67. The zero-order valence-corrected chi connectivity index (χ0v) is 13.1. The number of hydrogen-bond acceptors (Lipinski definition) is 4. The van der Waals surface area contributed by atoms with E-state index in [-0.39, 0.29) is 30.6 Å². The molecule has 2 amide bonds. The number of nitrogens with zero attached hydrogens (tertiary/aromatic N) is 2. The van der Waals surface area contributed by atoms with Crippen molar-refractivity contribution in [2.45, 2.75) is 25.9 Å². The van der Waals surface area contributed by atoms with E-state index in [1.807, 2.05) is 30.3 Å². The molecule has 1 aromatic carbocycles. The number of carbonyl (C=O) groups excluding carboxylic acids is 2. The van der Waals surface area contributed by atoms with E-state index in [1.54, 1.807) is 0 Å². The molecule has 0 radical (unpaired) electrons. The van der Waals surface area contributed by atoms with Crippen LogP contribution in [0.3, 0.4) is 0 Å². The first kappa shape index (κ1) is 17.2. The van der Waals surface area contributed by atoms with E-state index >= 15 is 0 Å². The topological polar surface area (TPSA) is 113 Å². The van der Waals surface area contributed by atoms with Gasteiger partial charge in [-0.3, -0.25) is 19.1 Å². The largest absolute Gasteiger partial charge is 0.480 e. The van der Waals surface area contributed by atoms with Crippen LogP contribution in [0.15, 0.2) is 42.6 Å². The van der Waals surface area contributed by atoms with Gasteiger partial charge in [-0.15, -0.1) is 0 Å². The van der Waals surface area contributed by atoms with Gasteiger partial charge in [-0.05, 0) is 5.56 Å². The SMILES string of the molecule is CC(=O)NC(CC(=O)Nc1ccn(CC(=O)O)n1)c1ccccc1. The quantitative estimate of drug-likeness (QED) is 0.705. The molecule has 24 heavy (non-hydrogen) atoms. The third-order valence-corrected chi connectivity index (χ3v) is 3.17. The predicted molar refractivity (Wildman–Crippen MR) is 86.1 cm³/mol. The van der Waals surface area contributed by atoms with Crippen LogP contribution in [0.5, 0.6) is 0 Å². The summed E-state index contributed by atoms with van der Waals surface area (Å²) in [5.74, 6) is -1.33. The first-order valence-corrected chi connectivity index (χ1v) is 7.31. The summed E-state index contributed by atoms with van der Waals surface area (Å²) in [6.07, 6.45) is 1.50. The van der Waals surface area contributed by atoms with Gasteiger partial charge in [0.15, 0.2) is 5.82 Å². The zero-order valence-electron chi connectivity index (χ0n) is 13.1. The van der Waals surface area contributed by atoms with E-state index in [9.17, 15) is 14.4 Å². The summed E-state index contributed by atoms with van der Waals surface area (Å²) >= 11 is 0. The third-order valence-electron chi connectivity index (χ3n) is 3.17. The number of carbonyl (C=O) groups is 3. The molecule has 0 saturated carbocycles. The zero-order chi connectivity index (χ0) is 17.5. The minimum atomic E-state index is -1.02. The lowest BCUT2D eigenvalue weighted by molar-refractivity contribution is -0.137. The molecule has 126 valence electrons. The second-order valence-corrected chi connectivity index (χ2v) is 5.21. The highest BCUT2D eigenvalue weighted by molar-refractivity contribution is 5.90. The van der Waals surface area contributed by atoms with Crippen molar-refractivity contribution in [2.24, 2.45) is 0 Å². The summed E-state index contributed by atoms with van der Waals surface area (Å²) in [6, 6.07) is 10.2. The molecule has 0 aliphatic rings. The summed E-state index contributed by atoms with van der Waals surface area (Å²) < 4.78 is 1.21. The van der Waals surface area contributed by atoms with Crippen molar-refractivity contribution < 1.29 is 19.5 Å². The van der Waals surface area contributed by atoms with Crippen molar-refractivity contribution in [1.29, 1.82) is 0 Å². The van der Waals surface area contributed by atoms with Crippen molar-refractivity contribution in [3.63, 3.8) is 0 Å². The average molecular weight is 330 g/mol. The first-order valence-electron chi connectivity index (χ1n) is 7.31. The van der Waals surface area contributed by atoms with Gasteiger partial charge in [0.05, 0.1) is 12.5 Å². The fourth-order valence-electron chi connectivity index (χ4n) is 2.22. The maximum absolute atomic E-state index is 12.2. The minimum Gasteiger partial charge on any atom is -0.480 e. The second-order valence-electron chi connectivity index (χ2n) is 5.21. The van der Waals surface area contributed by atoms with Gasteiger partial charge in [-0.2, -0.15) is 5.10 Å². The van der Waals surface area contributed by atoms with Gasteiger partial charge in [0.2, 0.25) is 11.8 Å². The molecule has 8 nitrogen and oxygen atoms in total. The van der Waals surface area contributed by atoms with Crippen LogP contribution >= 0.6 is 0 Å². The van der Waals surface area contributed by atoms with Crippen LogP contribution in [0.1, 0.15) is 24.9 Å². The van der Waals surface area contributed by atoms with Crippen molar-refractivity contribution >= 4 is 23.6 Å². The Hall–Kier alpha value is -3.16. The summed E-state index contributed by atoms with van der Waals surface area (Å²) in [5, 5.41) is 18.0. The molecule has 2 aromatic rings. The van der Waals surface area contributed by atoms with Crippen molar-refractivity contribution in [2.75, 3.05) is 5.32 Å². The molecular weight excluding hydrogens is 312 g/mol. The van der Waals surface area contributed by atoms with Gasteiger partial charge in [0, 0.05) is 19.2 Å². The van der Waals surface area contributed by atoms with Gasteiger partial charge in [0.25, 0.3) is 0 Å². The van der Waals surface area contributed by atoms with Crippen molar-refractivity contribution in [1.82, 2.24) is 15.1 Å². The molecule has 1 aromatic heterocycles. The Balaban J connectivity index is 2.01. The van der Waals surface area contributed by atoms with Gasteiger partial charge >= 0.3 is 5.97 Å². The molecule has 0 aliphatic carbocycles. The van der Waals surface area contributed by atoms with E-state index in [1.165, 1.54) is 23.9 Å². The molecule has 8 heteroatoms.